The molecule has 0 spiro atoms. The Balaban J connectivity index is 2.08. The minimum absolute atomic E-state index is 0.674. The first kappa shape index (κ1) is 10.8. The molecule has 1 unspecified atom stereocenters. The Bertz CT molecular complexity index is 376. The Labute approximate surface area is 95.2 Å². The molecular formula is C12H17NOSe. The van der Waals surface area contributed by atoms with E-state index in [1.54, 1.807) is 0 Å². The van der Waals surface area contributed by atoms with E-state index in [1.807, 2.05) is 0 Å². The van der Waals surface area contributed by atoms with E-state index in [-0.39, 0.29) is 0 Å². The molecule has 1 atom stereocenters. The van der Waals surface area contributed by atoms with Crippen molar-refractivity contribution < 1.29 is 3.83 Å². The van der Waals surface area contributed by atoms with Crippen LogP contribution in [0, 0.1) is 0 Å². The van der Waals surface area contributed by atoms with Crippen LogP contribution in [0.3, 0.4) is 0 Å². The van der Waals surface area contributed by atoms with Crippen molar-refractivity contribution in [2.24, 2.45) is 0 Å². The fourth-order valence-corrected chi connectivity index (χ4v) is 4.19. The number of fused-ring (bicyclic) bond motifs is 1. The molecule has 0 aromatic heterocycles. The number of anilines is 1. The molecule has 1 aromatic carbocycles. The second-order valence-electron chi connectivity index (χ2n) is 3.95. The Kier molecular flexibility index (Phi) is 3.55. The summed E-state index contributed by atoms with van der Waals surface area (Å²) < 4.78 is 12.8. The third-order valence-corrected chi connectivity index (χ3v) is 5.34. The summed E-state index contributed by atoms with van der Waals surface area (Å²) in [5, 5.41) is 3.19. The second-order valence-corrected chi connectivity index (χ2v) is 6.93. The molecule has 1 aliphatic heterocycles. The molecule has 0 saturated carbocycles. The molecule has 0 radical (unpaired) electrons. The van der Waals surface area contributed by atoms with Crippen molar-refractivity contribution in [2.45, 2.75) is 32.6 Å². The topological polar surface area (TPSA) is 29.1 Å². The van der Waals surface area contributed by atoms with Crippen molar-refractivity contribution in [2.75, 3.05) is 10.8 Å². The Morgan fingerprint density at radius 3 is 3.07 bits per heavy atom. The van der Waals surface area contributed by atoms with Crippen LogP contribution in [0.15, 0.2) is 18.2 Å². The zero-order valence-electron chi connectivity index (χ0n) is 9.08. The first-order valence-electron chi connectivity index (χ1n) is 5.56. The number of unbranched alkanes of at least 4 members (excludes halogenated alkanes) is 2. The zero-order chi connectivity index (χ0) is 10.7. The van der Waals surface area contributed by atoms with Crippen LogP contribution in [-0.4, -0.2) is 19.3 Å². The number of benzene rings is 1. The number of hydrogen-bond acceptors (Lipinski definition) is 2. The first-order valence-corrected chi connectivity index (χ1v) is 8.33. The third-order valence-electron chi connectivity index (χ3n) is 2.75. The Morgan fingerprint density at radius 2 is 2.27 bits per heavy atom. The maximum absolute atomic E-state index is 11.7. The molecule has 3 heteroatoms. The van der Waals surface area contributed by atoms with E-state index in [2.05, 4.69) is 30.4 Å². The van der Waals surface area contributed by atoms with E-state index in [1.165, 1.54) is 24.8 Å². The van der Waals surface area contributed by atoms with Gasteiger partial charge >= 0.3 is 94.9 Å². The van der Waals surface area contributed by atoms with Crippen LogP contribution >= 0.6 is 0 Å². The average Bonchev–Trinajstić information content (AvgIpc) is 2.61. The standard InChI is InChI=1S/C12H17NOSe/c1-2-3-4-5-10-6-7-11-12(8-10)15(14)9-13-11/h6-8,13H,2-5,9H2,1H3. The molecule has 0 bridgehead atoms. The van der Waals surface area contributed by atoms with Crippen molar-refractivity contribution in [1.29, 1.82) is 0 Å². The normalized spacial score (nSPS) is 18.6. The molecule has 1 heterocycles. The van der Waals surface area contributed by atoms with E-state index in [9.17, 15) is 3.83 Å². The van der Waals surface area contributed by atoms with Crippen LogP contribution in [0.1, 0.15) is 31.7 Å². The van der Waals surface area contributed by atoms with Crippen LogP contribution in [0.2, 0.25) is 0 Å². The summed E-state index contributed by atoms with van der Waals surface area (Å²) in [6, 6.07) is 6.38. The van der Waals surface area contributed by atoms with E-state index in [4.69, 9.17) is 0 Å². The fraction of sp³-hybridized carbons (Fsp3) is 0.500. The van der Waals surface area contributed by atoms with Crippen molar-refractivity contribution in [3.05, 3.63) is 23.8 Å². The molecule has 1 N–H and O–H groups in total. The predicted molar refractivity (Wildman–Crippen MR) is 64.2 cm³/mol. The van der Waals surface area contributed by atoms with Gasteiger partial charge in [-0.3, -0.25) is 0 Å². The van der Waals surface area contributed by atoms with Crippen LogP contribution in [0.5, 0.6) is 0 Å². The predicted octanol–water partition coefficient (Wildman–Crippen LogP) is 2.01. The van der Waals surface area contributed by atoms with Crippen LogP contribution in [-0.2, 0) is 10.3 Å². The molecule has 0 saturated heterocycles. The van der Waals surface area contributed by atoms with Crippen LogP contribution in [0.4, 0.5) is 5.69 Å². The summed E-state index contributed by atoms with van der Waals surface area (Å²) >= 11 is -1.75. The first-order chi connectivity index (χ1) is 7.31. The van der Waals surface area contributed by atoms with Gasteiger partial charge < -0.3 is 0 Å². The van der Waals surface area contributed by atoms with Crippen molar-refractivity contribution in [1.82, 2.24) is 0 Å². The molecule has 0 fully saturated rings. The van der Waals surface area contributed by atoms with Gasteiger partial charge in [0.25, 0.3) is 0 Å². The molecule has 2 nitrogen and oxygen atoms in total. The quantitative estimate of drug-likeness (QED) is 0.670. The molecule has 2 rings (SSSR count). The third kappa shape index (κ3) is 2.47. The molecule has 1 aliphatic rings. The molecule has 15 heavy (non-hydrogen) atoms. The van der Waals surface area contributed by atoms with Gasteiger partial charge in [0.15, 0.2) is 0 Å². The Hall–Kier alpha value is -0.661. The van der Waals surface area contributed by atoms with E-state index < -0.39 is 13.8 Å². The number of hydrogen-bond donors (Lipinski definition) is 1. The van der Waals surface area contributed by atoms with Gasteiger partial charge in [-0.25, -0.2) is 0 Å². The van der Waals surface area contributed by atoms with Crippen LogP contribution < -0.4 is 9.78 Å². The SMILES string of the molecule is CCCCCc1ccc2c(c1)[Se](=O)CN2. The summed E-state index contributed by atoms with van der Waals surface area (Å²) in [6.45, 7) is 2.21. The van der Waals surface area contributed by atoms with Crippen LogP contribution in [0.25, 0.3) is 0 Å². The van der Waals surface area contributed by atoms with E-state index >= 15 is 0 Å². The van der Waals surface area contributed by atoms with E-state index in [0.29, 0.717) is 5.44 Å². The van der Waals surface area contributed by atoms with Crippen molar-refractivity contribution in [3.8, 4) is 0 Å². The van der Waals surface area contributed by atoms with Gasteiger partial charge in [-0.05, 0) is 0 Å². The van der Waals surface area contributed by atoms with Gasteiger partial charge in [0.05, 0.1) is 0 Å². The monoisotopic (exact) mass is 271 g/mol. The summed E-state index contributed by atoms with van der Waals surface area (Å²) in [5.41, 5.74) is 3.11. The number of aryl methyl sites for hydroxylation is 1. The van der Waals surface area contributed by atoms with Gasteiger partial charge in [-0.2, -0.15) is 0 Å². The van der Waals surface area contributed by atoms with E-state index in [0.717, 1.165) is 16.6 Å². The maximum atomic E-state index is 11.7. The summed E-state index contributed by atoms with van der Waals surface area (Å²) in [6.07, 6.45) is 4.91. The van der Waals surface area contributed by atoms with Gasteiger partial charge in [0.1, 0.15) is 0 Å². The molecule has 0 amide bonds. The van der Waals surface area contributed by atoms with Gasteiger partial charge in [0, 0.05) is 0 Å². The van der Waals surface area contributed by atoms with Gasteiger partial charge in [-0.1, -0.05) is 0 Å². The second kappa shape index (κ2) is 4.91. The minimum atomic E-state index is -1.75. The molecular weight excluding hydrogens is 253 g/mol. The molecule has 1 aromatic rings. The van der Waals surface area contributed by atoms with Gasteiger partial charge in [-0.15, -0.1) is 0 Å². The van der Waals surface area contributed by atoms with Crippen molar-refractivity contribution >= 4 is 24.0 Å². The summed E-state index contributed by atoms with van der Waals surface area (Å²) in [7, 11) is 0. The summed E-state index contributed by atoms with van der Waals surface area (Å²) in [5.74, 6) is 0. The van der Waals surface area contributed by atoms with Gasteiger partial charge in [0.2, 0.25) is 0 Å². The summed E-state index contributed by atoms with van der Waals surface area (Å²) in [4.78, 5) is 0. The molecule has 82 valence electrons. The molecule has 0 aliphatic carbocycles. The number of nitrogens with one attached hydrogen (secondary N) is 1. The average molecular weight is 270 g/mol. The Morgan fingerprint density at radius 1 is 1.40 bits per heavy atom. The van der Waals surface area contributed by atoms with Crippen molar-refractivity contribution in [3.63, 3.8) is 0 Å². The fourth-order valence-electron chi connectivity index (χ4n) is 1.86. The zero-order valence-corrected chi connectivity index (χ0v) is 10.8. The number of rotatable bonds is 4.